The molecule has 0 amide bonds. The van der Waals surface area contributed by atoms with E-state index < -0.39 is 10.2 Å². The molecule has 0 radical (unpaired) electrons. The Hall–Kier alpha value is -0.950. The monoisotopic (exact) mass is 353 g/mol. The Balaban J connectivity index is 1.94. The Bertz CT molecular complexity index is 584. The number of nitrogens with zero attached hydrogens (tertiary/aromatic N) is 2. The van der Waals surface area contributed by atoms with Crippen LogP contribution in [0.15, 0.2) is 30.3 Å². The quantitative estimate of drug-likeness (QED) is 0.780. The highest BCUT2D eigenvalue weighted by atomic mass is 32.2. The minimum absolute atomic E-state index is 0.127. The van der Waals surface area contributed by atoms with Crippen molar-refractivity contribution in [3.05, 3.63) is 35.9 Å². The molecule has 1 aromatic carbocycles. The van der Waals surface area contributed by atoms with Gasteiger partial charge >= 0.3 is 0 Å². The molecule has 0 heterocycles. The van der Waals surface area contributed by atoms with Crippen molar-refractivity contribution in [3.8, 4) is 0 Å². The second-order valence-electron chi connectivity index (χ2n) is 6.97. The van der Waals surface area contributed by atoms with Gasteiger partial charge in [0.05, 0.1) is 0 Å². The summed E-state index contributed by atoms with van der Waals surface area (Å²) in [7, 11) is 2.27. The number of likely N-dealkylation sites (N-methyl/N-ethyl adjacent to an activating group) is 1. The molecule has 0 aromatic heterocycles. The van der Waals surface area contributed by atoms with Crippen LogP contribution in [0.5, 0.6) is 0 Å². The van der Waals surface area contributed by atoms with Crippen LogP contribution in [0, 0.1) is 0 Å². The lowest BCUT2D eigenvalue weighted by molar-refractivity contribution is 0.272. The van der Waals surface area contributed by atoms with E-state index in [2.05, 4.69) is 21.8 Å². The number of nitrogens with one attached hydrogen (secondary N) is 1. The SMILES string of the molecule is CN(C)C(CNS(=O)(=O)N(C)C1CCCCC1)Cc1ccccc1. The van der Waals surface area contributed by atoms with E-state index in [-0.39, 0.29) is 12.1 Å². The molecule has 0 aliphatic heterocycles. The summed E-state index contributed by atoms with van der Waals surface area (Å²) in [5, 5.41) is 0. The molecule has 1 atom stereocenters. The average molecular weight is 354 g/mol. The van der Waals surface area contributed by atoms with Crippen molar-refractivity contribution in [1.29, 1.82) is 0 Å². The first kappa shape index (κ1) is 19.4. The van der Waals surface area contributed by atoms with Crippen molar-refractivity contribution >= 4 is 10.2 Å². The van der Waals surface area contributed by atoms with E-state index >= 15 is 0 Å². The molecule has 0 saturated heterocycles. The van der Waals surface area contributed by atoms with Gasteiger partial charge in [0.1, 0.15) is 0 Å². The summed E-state index contributed by atoms with van der Waals surface area (Å²) in [5.74, 6) is 0. The van der Waals surface area contributed by atoms with Gasteiger partial charge in [-0.1, -0.05) is 49.6 Å². The van der Waals surface area contributed by atoms with Crippen molar-refractivity contribution < 1.29 is 8.42 Å². The second-order valence-corrected chi connectivity index (χ2v) is 8.78. The number of hydrogen-bond donors (Lipinski definition) is 1. The third kappa shape index (κ3) is 5.55. The summed E-state index contributed by atoms with van der Waals surface area (Å²) in [6.07, 6.45) is 6.23. The first-order chi connectivity index (χ1) is 11.4. The Labute approximate surface area is 147 Å². The molecule has 24 heavy (non-hydrogen) atoms. The zero-order valence-corrected chi connectivity index (χ0v) is 15.9. The summed E-state index contributed by atoms with van der Waals surface area (Å²) in [6.45, 7) is 0.418. The van der Waals surface area contributed by atoms with Crippen LogP contribution in [-0.2, 0) is 16.6 Å². The van der Waals surface area contributed by atoms with Gasteiger partial charge in [-0.25, -0.2) is 4.72 Å². The van der Waals surface area contributed by atoms with Crippen LogP contribution in [0.1, 0.15) is 37.7 Å². The van der Waals surface area contributed by atoms with Crippen LogP contribution in [-0.4, -0.2) is 57.4 Å². The molecule has 1 N–H and O–H groups in total. The van der Waals surface area contributed by atoms with Gasteiger partial charge in [0, 0.05) is 25.7 Å². The summed E-state index contributed by atoms with van der Waals surface area (Å²) in [5.41, 5.74) is 1.22. The lowest BCUT2D eigenvalue weighted by Crippen LogP contribution is -2.49. The van der Waals surface area contributed by atoms with Gasteiger partial charge in [0.15, 0.2) is 0 Å². The van der Waals surface area contributed by atoms with E-state index in [1.165, 1.54) is 12.0 Å². The van der Waals surface area contributed by atoms with Crippen molar-refractivity contribution in [2.75, 3.05) is 27.7 Å². The summed E-state index contributed by atoms with van der Waals surface area (Å²) in [4.78, 5) is 2.08. The fourth-order valence-corrected chi connectivity index (χ4v) is 4.48. The van der Waals surface area contributed by atoms with Crippen molar-refractivity contribution in [1.82, 2.24) is 13.9 Å². The normalized spacial score (nSPS) is 18.2. The van der Waals surface area contributed by atoms with E-state index in [1.54, 1.807) is 11.4 Å². The molecule has 1 aromatic rings. The molecule has 1 aliphatic rings. The predicted molar refractivity (Wildman–Crippen MR) is 99.2 cm³/mol. The lowest BCUT2D eigenvalue weighted by Gasteiger charge is -2.31. The highest BCUT2D eigenvalue weighted by Crippen LogP contribution is 2.23. The van der Waals surface area contributed by atoms with E-state index in [0.717, 1.165) is 32.1 Å². The highest BCUT2D eigenvalue weighted by molar-refractivity contribution is 7.87. The minimum Gasteiger partial charge on any atom is -0.305 e. The third-order valence-electron chi connectivity index (χ3n) is 5.01. The van der Waals surface area contributed by atoms with Gasteiger partial charge in [-0.05, 0) is 38.9 Å². The average Bonchev–Trinajstić information content (AvgIpc) is 2.59. The zero-order chi connectivity index (χ0) is 17.6. The molecule has 1 saturated carbocycles. The van der Waals surface area contributed by atoms with E-state index in [1.807, 2.05) is 32.3 Å². The minimum atomic E-state index is -3.42. The Kier molecular flexibility index (Phi) is 7.22. The predicted octanol–water partition coefficient (Wildman–Crippen LogP) is 2.26. The summed E-state index contributed by atoms with van der Waals surface area (Å²) in [6, 6.07) is 10.5. The molecule has 5 nitrogen and oxygen atoms in total. The standard InChI is InChI=1S/C18H31N3O2S/c1-20(2)18(14-16-10-6-4-7-11-16)15-19-24(22,23)21(3)17-12-8-5-9-13-17/h4,6-7,10-11,17-19H,5,8-9,12-15H2,1-3H3. The zero-order valence-electron chi connectivity index (χ0n) is 15.1. The molecule has 0 bridgehead atoms. The Morgan fingerprint density at radius 2 is 1.71 bits per heavy atom. The topological polar surface area (TPSA) is 52.7 Å². The van der Waals surface area contributed by atoms with Crippen LogP contribution < -0.4 is 4.72 Å². The third-order valence-corrected chi connectivity index (χ3v) is 6.60. The summed E-state index contributed by atoms with van der Waals surface area (Å²) >= 11 is 0. The van der Waals surface area contributed by atoms with Gasteiger partial charge in [0.25, 0.3) is 10.2 Å². The molecule has 0 spiro atoms. The Morgan fingerprint density at radius 1 is 1.08 bits per heavy atom. The number of hydrogen-bond acceptors (Lipinski definition) is 3. The summed E-state index contributed by atoms with van der Waals surface area (Å²) < 4.78 is 29.6. The molecule has 2 rings (SSSR count). The van der Waals surface area contributed by atoms with Crippen molar-refractivity contribution in [2.24, 2.45) is 0 Å². The molecular weight excluding hydrogens is 322 g/mol. The van der Waals surface area contributed by atoms with Gasteiger partial charge in [-0.3, -0.25) is 0 Å². The van der Waals surface area contributed by atoms with Crippen LogP contribution in [0.25, 0.3) is 0 Å². The van der Waals surface area contributed by atoms with Crippen LogP contribution in [0.3, 0.4) is 0 Å². The van der Waals surface area contributed by atoms with E-state index in [0.29, 0.717) is 6.54 Å². The van der Waals surface area contributed by atoms with Crippen molar-refractivity contribution in [3.63, 3.8) is 0 Å². The maximum atomic E-state index is 12.6. The fourth-order valence-electron chi connectivity index (χ4n) is 3.27. The molecule has 6 heteroatoms. The highest BCUT2D eigenvalue weighted by Gasteiger charge is 2.28. The van der Waals surface area contributed by atoms with Gasteiger partial charge in [-0.2, -0.15) is 12.7 Å². The molecule has 1 fully saturated rings. The fraction of sp³-hybridized carbons (Fsp3) is 0.667. The van der Waals surface area contributed by atoms with Gasteiger partial charge < -0.3 is 4.90 Å². The lowest BCUT2D eigenvalue weighted by atomic mass is 9.96. The Morgan fingerprint density at radius 3 is 2.29 bits per heavy atom. The van der Waals surface area contributed by atoms with Gasteiger partial charge in [-0.15, -0.1) is 0 Å². The largest absolute Gasteiger partial charge is 0.305 e. The maximum Gasteiger partial charge on any atom is 0.279 e. The van der Waals surface area contributed by atoms with Gasteiger partial charge in [0.2, 0.25) is 0 Å². The molecule has 1 unspecified atom stereocenters. The van der Waals surface area contributed by atoms with Crippen molar-refractivity contribution in [2.45, 2.75) is 50.6 Å². The number of benzene rings is 1. The van der Waals surface area contributed by atoms with Crippen LogP contribution in [0.2, 0.25) is 0 Å². The first-order valence-electron chi connectivity index (χ1n) is 8.83. The van der Waals surface area contributed by atoms with Crippen LogP contribution in [0.4, 0.5) is 0 Å². The molecular formula is C18H31N3O2S. The number of rotatable bonds is 8. The maximum absolute atomic E-state index is 12.6. The first-order valence-corrected chi connectivity index (χ1v) is 10.3. The van der Waals surface area contributed by atoms with E-state index in [4.69, 9.17) is 0 Å². The smallest absolute Gasteiger partial charge is 0.279 e. The van der Waals surface area contributed by atoms with Crippen LogP contribution >= 0.6 is 0 Å². The second kappa shape index (κ2) is 8.94. The van der Waals surface area contributed by atoms with E-state index in [9.17, 15) is 8.42 Å². The molecule has 1 aliphatic carbocycles. The molecule has 136 valence electrons.